The number of carbonyl (C=O) groups is 2. The van der Waals surface area contributed by atoms with Crippen molar-refractivity contribution in [3.63, 3.8) is 0 Å². The maximum atomic E-state index is 11.7. The fraction of sp³-hybridized carbons (Fsp3) is 0.800. The molecule has 2 amide bonds. The van der Waals surface area contributed by atoms with Crippen molar-refractivity contribution < 1.29 is 14.3 Å². The molecule has 0 aromatic heterocycles. The van der Waals surface area contributed by atoms with Gasteiger partial charge in [0.1, 0.15) is 0 Å². The first kappa shape index (κ1) is 12.9. The van der Waals surface area contributed by atoms with Gasteiger partial charge in [-0.1, -0.05) is 0 Å². The summed E-state index contributed by atoms with van der Waals surface area (Å²) in [6.45, 7) is 1.27. The predicted molar refractivity (Wildman–Crippen MR) is 58.4 cm³/mol. The predicted octanol–water partition coefficient (Wildman–Crippen LogP) is -1.17. The highest BCUT2D eigenvalue weighted by molar-refractivity contribution is 5.87. The van der Waals surface area contributed by atoms with Crippen LogP contribution in [-0.4, -0.2) is 49.1 Å². The lowest BCUT2D eigenvalue weighted by molar-refractivity contribution is -0.134. The van der Waals surface area contributed by atoms with Crippen molar-refractivity contribution in [3.05, 3.63) is 0 Å². The van der Waals surface area contributed by atoms with E-state index < -0.39 is 11.9 Å². The largest absolute Gasteiger partial charge is 0.376 e. The molecule has 1 rings (SSSR count). The van der Waals surface area contributed by atoms with Crippen LogP contribution >= 0.6 is 0 Å². The molecule has 1 saturated heterocycles. The molecule has 0 aliphatic carbocycles. The molecular weight excluding hydrogens is 210 g/mol. The standard InChI is InChI=1S/C10H19N3O3/c1-13(6-7-3-2-4-16-7)10(15)8(11)5-9(12)14/h7-8H,2-6,11H2,1H3,(H2,12,14). The zero-order valence-corrected chi connectivity index (χ0v) is 9.52. The van der Waals surface area contributed by atoms with Gasteiger partial charge < -0.3 is 21.1 Å². The Bertz CT molecular complexity index is 264. The lowest BCUT2D eigenvalue weighted by Gasteiger charge is -2.23. The summed E-state index contributed by atoms with van der Waals surface area (Å²) < 4.78 is 5.41. The third kappa shape index (κ3) is 3.79. The summed E-state index contributed by atoms with van der Waals surface area (Å²) in [6.07, 6.45) is 1.96. The maximum absolute atomic E-state index is 11.7. The van der Waals surface area contributed by atoms with Gasteiger partial charge in [-0.25, -0.2) is 0 Å². The van der Waals surface area contributed by atoms with Crippen molar-refractivity contribution in [1.29, 1.82) is 0 Å². The van der Waals surface area contributed by atoms with Crippen LogP contribution < -0.4 is 11.5 Å². The highest BCUT2D eigenvalue weighted by Gasteiger charge is 2.24. The molecule has 1 aliphatic heterocycles. The molecule has 16 heavy (non-hydrogen) atoms. The van der Waals surface area contributed by atoms with E-state index in [1.807, 2.05) is 0 Å². The van der Waals surface area contributed by atoms with Crippen LogP contribution in [0.1, 0.15) is 19.3 Å². The fourth-order valence-electron chi connectivity index (χ4n) is 1.77. The van der Waals surface area contributed by atoms with Crippen molar-refractivity contribution in [3.8, 4) is 0 Å². The van der Waals surface area contributed by atoms with Crippen molar-refractivity contribution in [2.45, 2.75) is 31.4 Å². The van der Waals surface area contributed by atoms with Gasteiger partial charge in [0.2, 0.25) is 11.8 Å². The van der Waals surface area contributed by atoms with Crippen LogP contribution in [-0.2, 0) is 14.3 Å². The second-order valence-corrected chi connectivity index (χ2v) is 4.13. The molecule has 0 aromatic rings. The molecule has 4 N–H and O–H groups in total. The van der Waals surface area contributed by atoms with Gasteiger partial charge in [0.05, 0.1) is 18.6 Å². The number of nitrogens with two attached hydrogens (primary N) is 2. The van der Waals surface area contributed by atoms with Crippen LogP contribution in [0.2, 0.25) is 0 Å². The van der Waals surface area contributed by atoms with E-state index in [-0.39, 0.29) is 18.4 Å². The summed E-state index contributed by atoms with van der Waals surface area (Å²) in [7, 11) is 1.66. The summed E-state index contributed by atoms with van der Waals surface area (Å²) in [6, 6.07) is -0.844. The van der Waals surface area contributed by atoms with Gasteiger partial charge >= 0.3 is 0 Å². The Balaban J connectivity index is 2.36. The van der Waals surface area contributed by atoms with Crippen molar-refractivity contribution in [1.82, 2.24) is 4.90 Å². The summed E-state index contributed by atoms with van der Waals surface area (Å²) in [5.41, 5.74) is 10.5. The summed E-state index contributed by atoms with van der Waals surface area (Å²) in [4.78, 5) is 23.8. The number of nitrogens with zero attached hydrogens (tertiary/aromatic N) is 1. The molecule has 0 aromatic carbocycles. The Morgan fingerprint density at radius 2 is 2.25 bits per heavy atom. The Hall–Kier alpha value is -1.14. The topological polar surface area (TPSA) is 98.7 Å². The van der Waals surface area contributed by atoms with Crippen molar-refractivity contribution in [2.75, 3.05) is 20.2 Å². The smallest absolute Gasteiger partial charge is 0.239 e. The molecule has 6 heteroatoms. The zero-order chi connectivity index (χ0) is 12.1. The third-order valence-electron chi connectivity index (χ3n) is 2.62. The number of hydrogen-bond donors (Lipinski definition) is 2. The van der Waals surface area contributed by atoms with Crippen LogP contribution in [0, 0.1) is 0 Å². The monoisotopic (exact) mass is 229 g/mol. The number of primary amides is 1. The molecule has 1 fully saturated rings. The molecule has 0 radical (unpaired) electrons. The van der Waals surface area contributed by atoms with Crippen LogP contribution in [0.5, 0.6) is 0 Å². The van der Waals surface area contributed by atoms with Crippen LogP contribution in [0.15, 0.2) is 0 Å². The van der Waals surface area contributed by atoms with Crippen LogP contribution in [0.3, 0.4) is 0 Å². The minimum atomic E-state index is -0.844. The minimum absolute atomic E-state index is 0.0923. The SMILES string of the molecule is CN(CC1CCCO1)C(=O)C(N)CC(N)=O. The Labute approximate surface area is 94.9 Å². The summed E-state index contributed by atoms with van der Waals surface area (Å²) in [5.74, 6) is -0.833. The highest BCUT2D eigenvalue weighted by Crippen LogP contribution is 2.13. The molecule has 1 heterocycles. The van der Waals surface area contributed by atoms with Crippen LogP contribution in [0.25, 0.3) is 0 Å². The zero-order valence-electron chi connectivity index (χ0n) is 9.52. The third-order valence-corrected chi connectivity index (χ3v) is 2.62. The second-order valence-electron chi connectivity index (χ2n) is 4.13. The Morgan fingerprint density at radius 1 is 1.56 bits per heavy atom. The first-order valence-corrected chi connectivity index (χ1v) is 5.41. The second kappa shape index (κ2) is 5.81. The molecule has 2 unspecified atom stereocenters. The number of ether oxygens (including phenoxy) is 1. The minimum Gasteiger partial charge on any atom is -0.376 e. The van der Waals surface area contributed by atoms with E-state index in [0.717, 1.165) is 19.4 Å². The van der Waals surface area contributed by atoms with Gasteiger partial charge in [-0.2, -0.15) is 0 Å². The molecule has 6 nitrogen and oxygen atoms in total. The number of rotatable bonds is 5. The molecule has 92 valence electrons. The average Bonchev–Trinajstić information content (AvgIpc) is 2.68. The van der Waals surface area contributed by atoms with E-state index in [9.17, 15) is 9.59 Å². The first-order valence-electron chi connectivity index (χ1n) is 5.41. The average molecular weight is 229 g/mol. The van der Waals surface area contributed by atoms with Crippen molar-refractivity contribution in [2.24, 2.45) is 11.5 Å². The van der Waals surface area contributed by atoms with Gasteiger partial charge in [0, 0.05) is 20.2 Å². The van der Waals surface area contributed by atoms with Gasteiger partial charge in [0.25, 0.3) is 0 Å². The Morgan fingerprint density at radius 3 is 2.75 bits per heavy atom. The van der Waals surface area contributed by atoms with Crippen molar-refractivity contribution >= 4 is 11.8 Å². The number of likely N-dealkylation sites (N-methyl/N-ethyl adjacent to an activating group) is 1. The normalized spacial score (nSPS) is 21.8. The van der Waals surface area contributed by atoms with E-state index in [2.05, 4.69) is 0 Å². The van der Waals surface area contributed by atoms with Crippen LogP contribution in [0.4, 0.5) is 0 Å². The van der Waals surface area contributed by atoms with Gasteiger partial charge in [-0.05, 0) is 12.8 Å². The highest BCUT2D eigenvalue weighted by atomic mass is 16.5. The molecule has 1 aliphatic rings. The Kier molecular flexibility index (Phi) is 4.70. The maximum Gasteiger partial charge on any atom is 0.239 e. The fourth-order valence-corrected chi connectivity index (χ4v) is 1.77. The number of hydrogen-bond acceptors (Lipinski definition) is 4. The van der Waals surface area contributed by atoms with Gasteiger partial charge in [-0.3, -0.25) is 9.59 Å². The quantitative estimate of drug-likeness (QED) is 0.620. The summed E-state index contributed by atoms with van der Waals surface area (Å²) in [5, 5.41) is 0. The molecule has 0 saturated carbocycles. The van der Waals surface area contributed by atoms with Gasteiger partial charge in [0.15, 0.2) is 0 Å². The number of amides is 2. The molecule has 0 spiro atoms. The molecular formula is C10H19N3O3. The van der Waals surface area contributed by atoms with E-state index in [4.69, 9.17) is 16.2 Å². The first-order chi connectivity index (χ1) is 7.50. The van der Waals surface area contributed by atoms with E-state index in [0.29, 0.717) is 6.54 Å². The molecule has 0 bridgehead atoms. The van der Waals surface area contributed by atoms with E-state index in [1.54, 1.807) is 7.05 Å². The summed E-state index contributed by atoms with van der Waals surface area (Å²) >= 11 is 0. The lowest BCUT2D eigenvalue weighted by atomic mass is 10.1. The lowest BCUT2D eigenvalue weighted by Crippen LogP contribution is -2.46. The van der Waals surface area contributed by atoms with E-state index >= 15 is 0 Å². The molecule has 2 atom stereocenters. The van der Waals surface area contributed by atoms with E-state index in [1.165, 1.54) is 4.90 Å². The van der Waals surface area contributed by atoms with Gasteiger partial charge in [-0.15, -0.1) is 0 Å². The number of carbonyl (C=O) groups excluding carboxylic acids is 2.